The SMILES string of the molecule is COc1ccc(C(CC(N)=O)c2oc(CN3CC4CC(C3)c3cccc(=O)n3C4)cc(=O)c2O)cc1CO. The van der Waals surface area contributed by atoms with Gasteiger partial charge in [-0.1, -0.05) is 12.1 Å². The van der Waals surface area contributed by atoms with Crippen LogP contribution in [0, 0.1) is 5.92 Å². The average Bonchev–Trinajstić information content (AvgIpc) is 2.89. The number of aromatic hydroxyl groups is 1. The zero-order valence-corrected chi connectivity index (χ0v) is 21.1. The number of piperidine rings is 1. The maximum atomic E-state index is 12.8. The van der Waals surface area contributed by atoms with Gasteiger partial charge in [-0.2, -0.15) is 0 Å². The number of aliphatic hydroxyl groups excluding tert-OH is 1. The lowest BCUT2D eigenvalue weighted by molar-refractivity contribution is -0.118. The number of methoxy groups -OCH3 is 1. The van der Waals surface area contributed by atoms with E-state index in [0.717, 1.165) is 18.7 Å². The highest BCUT2D eigenvalue weighted by molar-refractivity contribution is 5.75. The van der Waals surface area contributed by atoms with E-state index in [2.05, 4.69) is 4.90 Å². The molecule has 2 aliphatic rings. The van der Waals surface area contributed by atoms with E-state index in [1.807, 2.05) is 10.6 Å². The van der Waals surface area contributed by atoms with Crippen molar-refractivity contribution in [2.75, 3.05) is 20.2 Å². The largest absolute Gasteiger partial charge is 0.502 e. The van der Waals surface area contributed by atoms with Gasteiger partial charge in [-0.05, 0) is 36.1 Å². The Morgan fingerprint density at radius 2 is 2.00 bits per heavy atom. The molecule has 4 heterocycles. The Balaban J connectivity index is 1.46. The van der Waals surface area contributed by atoms with E-state index in [9.17, 15) is 24.6 Å². The Bertz CT molecular complexity index is 1480. The number of pyridine rings is 1. The molecule has 1 fully saturated rings. The molecule has 0 spiro atoms. The minimum absolute atomic E-state index is 0.0169. The van der Waals surface area contributed by atoms with E-state index in [1.54, 1.807) is 30.3 Å². The average molecular weight is 522 g/mol. The molecule has 200 valence electrons. The third kappa shape index (κ3) is 4.97. The second-order valence-corrected chi connectivity index (χ2v) is 10.1. The first-order valence-corrected chi connectivity index (χ1v) is 12.6. The number of nitrogens with zero attached hydrogens (tertiary/aromatic N) is 2. The van der Waals surface area contributed by atoms with Gasteiger partial charge in [0.05, 0.1) is 26.2 Å². The van der Waals surface area contributed by atoms with Gasteiger partial charge in [0, 0.05) is 55.4 Å². The monoisotopic (exact) mass is 521 g/mol. The number of aromatic nitrogens is 1. The van der Waals surface area contributed by atoms with Gasteiger partial charge in [-0.25, -0.2) is 0 Å². The zero-order chi connectivity index (χ0) is 27.0. The lowest BCUT2D eigenvalue weighted by atomic mass is 9.83. The molecule has 3 aromatic rings. The lowest BCUT2D eigenvalue weighted by Gasteiger charge is -2.42. The van der Waals surface area contributed by atoms with Crippen LogP contribution < -0.4 is 21.5 Å². The molecule has 10 heteroatoms. The molecule has 3 atom stereocenters. The van der Waals surface area contributed by atoms with Crippen LogP contribution in [-0.2, 0) is 24.5 Å². The number of fused-ring (bicyclic) bond motifs is 4. The van der Waals surface area contributed by atoms with Crippen LogP contribution in [0.1, 0.15) is 53.0 Å². The minimum Gasteiger partial charge on any atom is -0.502 e. The van der Waals surface area contributed by atoms with Gasteiger partial charge in [-0.3, -0.25) is 19.3 Å². The molecule has 38 heavy (non-hydrogen) atoms. The number of carbonyl (C=O) groups excluding carboxylic acids is 1. The van der Waals surface area contributed by atoms with Crippen LogP contribution in [0.3, 0.4) is 0 Å². The summed E-state index contributed by atoms with van der Waals surface area (Å²) >= 11 is 0. The molecular formula is C28H31N3O7. The highest BCUT2D eigenvalue weighted by Gasteiger charge is 2.35. The molecule has 1 amide bonds. The Labute approximate surface area is 218 Å². The van der Waals surface area contributed by atoms with Gasteiger partial charge < -0.3 is 29.7 Å². The molecular weight excluding hydrogens is 490 g/mol. The summed E-state index contributed by atoms with van der Waals surface area (Å²) in [6.45, 7) is 2.12. The molecule has 0 saturated carbocycles. The number of primary amides is 1. The second-order valence-electron chi connectivity index (χ2n) is 10.1. The zero-order valence-electron chi connectivity index (χ0n) is 21.1. The highest BCUT2D eigenvalue weighted by atomic mass is 16.5. The quantitative estimate of drug-likeness (QED) is 0.405. The third-order valence-corrected chi connectivity index (χ3v) is 7.53. The van der Waals surface area contributed by atoms with E-state index in [4.69, 9.17) is 14.9 Å². The molecule has 2 bridgehead atoms. The molecule has 10 nitrogen and oxygen atoms in total. The van der Waals surface area contributed by atoms with Crippen LogP contribution in [0.2, 0.25) is 0 Å². The van der Waals surface area contributed by atoms with Gasteiger partial charge in [0.1, 0.15) is 11.5 Å². The van der Waals surface area contributed by atoms with Crippen molar-refractivity contribution in [3.05, 3.63) is 91.4 Å². The topological polar surface area (TPSA) is 148 Å². The summed E-state index contributed by atoms with van der Waals surface area (Å²) < 4.78 is 13.2. The fraction of sp³-hybridized carbons (Fsp3) is 0.393. The summed E-state index contributed by atoms with van der Waals surface area (Å²) in [5.41, 5.74) is 6.98. The van der Waals surface area contributed by atoms with Crippen LogP contribution in [0.15, 0.2) is 56.5 Å². The smallest absolute Gasteiger partial charge is 0.250 e. The number of nitrogens with two attached hydrogens (primary N) is 1. The predicted molar refractivity (Wildman–Crippen MR) is 138 cm³/mol. The van der Waals surface area contributed by atoms with E-state index in [1.165, 1.54) is 13.2 Å². The fourth-order valence-corrected chi connectivity index (χ4v) is 5.92. The van der Waals surface area contributed by atoms with Crippen molar-refractivity contribution in [2.45, 2.75) is 44.4 Å². The molecule has 2 aliphatic heterocycles. The molecule has 1 aromatic carbocycles. The van der Waals surface area contributed by atoms with Crippen molar-refractivity contribution in [2.24, 2.45) is 11.7 Å². The van der Waals surface area contributed by atoms with E-state index in [-0.39, 0.29) is 30.3 Å². The first-order chi connectivity index (χ1) is 18.3. The van der Waals surface area contributed by atoms with Gasteiger partial charge in [0.15, 0.2) is 5.76 Å². The summed E-state index contributed by atoms with van der Waals surface area (Å²) in [5, 5.41) is 20.4. The molecule has 5 rings (SSSR count). The number of ether oxygens (including phenoxy) is 1. The third-order valence-electron chi connectivity index (χ3n) is 7.53. The minimum atomic E-state index is -0.837. The molecule has 4 N–H and O–H groups in total. The van der Waals surface area contributed by atoms with E-state index in [0.29, 0.717) is 48.2 Å². The van der Waals surface area contributed by atoms with Crippen molar-refractivity contribution in [3.8, 4) is 11.5 Å². The number of carbonyl (C=O) groups is 1. The number of hydrogen-bond acceptors (Lipinski definition) is 8. The number of rotatable bonds is 8. The number of aliphatic hydroxyl groups is 1. The highest BCUT2D eigenvalue weighted by Crippen LogP contribution is 2.37. The number of likely N-dealkylation sites (tertiary alicyclic amines) is 1. The van der Waals surface area contributed by atoms with Crippen LogP contribution >= 0.6 is 0 Å². The van der Waals surface area contributed by atoms with Gasteiger partial charge in [0.2, 0.25) is 17.1 Å². The Kier molecular flexibility index (Phi) is 7.09. The van der Waals surface area contributed by atoms with Crippen LogP contribution in [0.5, 0.6) is 11.5 Å². The number of benzene rings is 1. The number of hydrogen-bond donors (Lipinski definition) is 3. The van der Waals surface area contributed by atoms with Crippen molar-refractivity contribution < 1.29 is 24.2 Å². The van der Waals surface area contributed by atoms with Gasteiger partial charge in [0.25, 0.3) is 5.56 Å². The number of amides is 1. The maximum Gasteiger partial charge on any atom is 0.250 e. The fourth-order valence-electron chi connectivity index (χ4n) is 5.92. The van der Waals surface area contributed by atoms with Crippen LogP contribution in [0.25, 0.3) is 0 Å². The van der Waals surface area contributed by atoms with E-state index >= 15 is 0 Å². The summed E-state index contributed by atoms with van der Waals surface area (Å²) in [5.74, 6) is -0.786. The molecule has 0 aliphatic carbocycles. The summed E-state index contributed by atoms with van der Waals surface area (Å²) in [4.78, 5) is 39.3. The molecule has 0 radical (unpaired) electrons. The normalized spacial score (nSPS) is 19.5. The second kappa shape index (κ2) is 10.5. The van der Waals surface area contributed by atoms with Crippen molar-refractivity contribution in [1.29, 1.82) is 0 Å². The lowest BCUT2D eigenvalue weighted by Crippen LogP contribution is -2.46. The van der Waals surface area contributed by atoms with Crippen molar-refractivity contribution in [1.82, 2.24) is 9.47 Å². The Morgan fingerprint density at radius 1 is 1.18 bits per heavy atom. The van der Waals surface area contributed by atoms with E-state index < -0.39 is 23.0 Å². The van der Waals surface area contributed by atoms with Gasteiger partial charge >= 0.3 is 0 Å². The Hall–Kier alpha value is -3.89. The first-order valence-electron chi connectivity index (χ1n) is 12.6. The van der Waals surface area contributed by atoms with Crippen LogP contribution in [0.4, 0.5) is 0 Å². The van der Waals surface area contributed by atoms with Crippen molar-refractivity contribution >= 4 is 5.91 Å². The Morgan fingerprint density at radius 3 is 2.74 bits per heavy atom. The summed E-state index contributed by atoms with van der Waals surface area (Å²) in [6.07, 6.45) is 0.784. The van der Waals surface area contributed by atoms with Crippen LogP contribution in [-0.4, -0.2) is 45.8 Å². The predicted octanol–water partition coefficient (Wildman–Crippen LogP) is 1.63. The first kappa shape index (κ1) is 25.7. The maximum absolute atomic E-state index is 12.8. The summed E-state index contributed by atoms with van der Waals surface area (Å²) in [6, 6.07) is 11.6. The standard InChI is InChI=1S/C28H31N3O7/c1-37-24-6-5-17(8-19(24)15-32)21(10-25(29)34)28-27(36)23(33)9-20(38-28)14-30-11-16-7-18(13-30)22-3-2-4-26(35)31(22)12-16/h2-6,8-9,16,18,21,32,36H,7,10-15H2,1H3,(H2,29,34). The van der Waals surface area contributed by atoms with Gasteiger partial charge in [-0.15, -0.1) is 0 Å². The molecule has 1 saturated heterocycles. The molecule has 3 unspecified atom stereocenters. The van der Waals surface area contributed by atoms with Crippen molar-refractivity contribution in [3.63, 3.8) is 0 Å². The summed E-state index contributed by atoms with van der Waals surface area (Å²) in [7, 11) is 1.48. The molecule has 2 aromatic heterocycles.